The molecule has 0 aliphatic carbocycles. The Morgan fingerprint density at radius 3 is 2.59 bits per heavy atom. The molecule has 1 saturated heterocycles. The van der Waals surface area contributed by atoms with Gasteiger partial charge in [-0.15, -0.1) is 0 Å². The first kappa shape index (κ1) is 16.7. The van der Waals surface area contributed by atoms with Crippen molar-refractivity contribution >= 4 is 32.0 Å². The fraction of sp³-hybridized carbons (Fsp3) is 0.364. The van der Waals surface area contributed by atoms with Gasteiger partial charge < -0.3 is 15.6 Å². The molecule has 0 aromatic heterocycles. The van der Waals surface area contributed by atoms with Crippen molar-refractivity contribution in [2.24, 2.45) is 5.73 Å². The number of rotatable bonds is 4. The number of carbonyl (C=O) groups excluding carboxylic acids is 1. The van der Waals surface area contributed by atoms with Crippen molar-refractivity contribution in [1.82, 2.24) is 4.72 Å². The lowest BCUT2D eigenvalue weighted by Gasteiger charge is -2.18. The van der Waals surface area contributed by atoms with Crippen LogP contribution in [-0.4, -0.2) is 47.1 Å². The van der Waals surface area contributed by atoms with E-state index in [2.05, 4.69) is 4.72 Å². The van der Waals surface area contributed by atoms with Crippen LogP contribution in [0.5, 0.6) is 5.75 Å². The van der Waals surface area contributed by atoms with E-state index in [1.807, 2.05) is 0 Å². The number of sulfone groups is 1. The zero-order chi connectivity index (χ0) is 16.7. The van der Waals surface area contributed by atoms with Gasteiger partial charge in [0, 0.05) is 6.26 Å². The number of hydrogen-bond acceptors (Lipinski definition) is 7. The molecule has 9 nitrogen and oxygen atoms in total. The molecule has 1 fully saturated rings. The fourth-order valence-electron chi connectivity index (χ4n) is 2.04. The van der Waals surface area contributed by atoms with Crippen molar-refractivity contribution < 1.29 is 26.7 Å². The number of carbonyl (C=O) groups is 1. The maximum absolute atomic E-state index is 11.9. The number of phenolic OH excluding ortho intramolecular Hbond substituents is 1. The summed E-state index contributed by atoms with van der Waals surface area (Å²) in [6.45, 7) is -0.170. The van der Waals surface area contributed by atoms with Gasteiger partial charge in [-0.05, 0) is 17.7 Å². The zero-order valence-corrected chi connectivity index (χ0v) is 13.1. The van der Waals surface area contributed by atoms with Gasteiger partial charge in [-0.3, -0.25) is 4.31 Å². The summed E-state index contributed by atoms with van der Waals surface area (Å²) in [4.78, 5) is 10.7. The van der Waals surface area contributed by atoms with Gasteiger partial charge in [0.2, 0.25) is 0 Å². The molecule has 1 heterocycles. The number of aldehydes is 1. The minimum Gasteiger partial charge on any atom is -0.506 e. The van der Waals surface area contributed by atoms with Gasteiger partial charge in [0.1, 0.15) is 17.4 Å². The SMILES string of the molecule is CS(=O)(=O)C(N)c1ccc(N2CC(C=O)NS2(=O)=O)c(O)c1. The molecule has 0 radical (unpaired) electrons. The number of phenols is 1. The Hall–Kier alpha value is -1.69. The van der Waals surface area contributed by atoms with Crippen LogP contribution < -0.4 is 14.8 Å². The van der Waals surface area contributed by atoms with Crippen LogP contribution in [-0.2, 0) is 24.8 Å². The van der Waals surface area contributed by atoms with E-state index in [1.54, 1.807) is 0 Å². The van der Waals surface area contributed by atoms with Crippen molar-refractivity contribution in [1.29, 1.82) is 0 Å². The van der Waals surface area contributed by atoms with Gasteiger partial charge in [-0.2, -0.15) is 13.1 Å². The lowest BCUT2D eigenvalue weighted by molar-refractivity contribution is -0.108. The zero-order valence-electron chi connectivity index (χ0n) is 11.5. The van der Waals surface area contributed by atoms with Crippen molar-refractivity contribution in [3.63, 3.8) is 0 Å². The Bertz CT molecular complexity index is 805. The predicted octanol–water partition coefficient (Wildman–Crippen LogP) is -1.38. The van der Waals surface area contributed by atoms with E-state index in [0.29, 0.717) is 6.29 Å². The minimum absolute atomic E-state index is 0.0682. The first-order chi connectivity index (χ1) is 10.1. The molecule has 22 heavy (non-hydrogen) atoms. The highest BCUT2D eigenvalue weighted by atomic mass is 32.2. The maximum Gasteiger partial charge on any atom is 0.302 e. The summed E-state index contributed by atoms with van der Waals surface area (Å²) >= 11 is 0. The predicted molar refractivity (Wildman–Crippen MR) is 79.1 cm³/mol. The van der Waals surface area contributed by atoms with Crippen LogP contribution in [0.25, 0.3) is 0 Å². The highest BCUT2D eigenvalue weighted by molar-refractivity contribution is 7.91. The molecule has 0 bridgehead atoms. The Morgan fingerprint density at radius 2 is 2.14 bits per heavy atom. The number of nitrogens with one attached hydrogen (secondary N) is 1. The molecular weight excluding hydrogens is 334 g/mol. The first-order valence-corrected chi connectivity index (χ1v) is 9.48. The summed E-state index contributed by atoms with van der Waals surface area (Å²) in [6, 6.07) is 2.72. The second-order valence-corrected chi connectivity index (χ2v) is 8.69. The average Bonchev–Trinajstić information content (AvgIpc) is 2.72. The van der Waals surface area contributed by atoms with Gasteiger partial charge in [0.15, 0.2) is 9.84 Å². The molecule has 1 aliphatic heterocycles. The fourth-order valence-corrected chi connectivity index (χ4v) is 4.09. The number of anilines is 1. The van der Waals surface area contributed by atoms with E-state index in [4.69, 9.17) is 5.73 Å². The minimum atomic E-state index is -3.94. The Labute approximate surface area is 127 Å². The largest absolute Gasteiger partial charge is 0.506 e. The summed E-state index contributed by atoms with van der Waals surface area (Å²) in [6.07, 6.45) is 1.40. The Kier molecular flexibility index (Phi) is 4.17. The number of benzene rings is 1. The standard InChI is InChI=1S/C11H15N3O6S2/c1-21(17,18)11(12)7-2-3-9(10(16)4-7)14-5-8(6-15)13-22(14,19)20/h2-4,6,8,11,13,16H,5,12H2,1H3. The normalized spacial score (nSPS) is 22.5. The van der Waals surface area contributed by atoms with E-state index in [1.165, 1.54) is 12.1 Å². The smallest absolute Gasteiger partial charge is 0.302 e. The molecule has 0 amide bonds. The van der Waals surface area contributed by atoms with Crippen LogP contribution in [0, 0.1) is 0 Å². The summed E-state index contributed by atoms with van der Waals surface area (Å²) in [5.41, 5.74) is 5.61. The number of aromatic hydroxyl groups is 1. The molecule has 122 valence electrons. The second kappa shape index (κ2) is 5.50. The third-order valence-electron chi connectivity index (χ3n) is 3.18. The van der Waals surface area contributed by atoms with Gasteiger partial charge in [0.05, 0.1) is 18.3 Å². The molecule has 2 rings (SSSR count). The molecule has 1 aromatic carbocycles. The van der Waals surface area contributed by atoms with Crippen molar-refractivity contribution in [3.8, 4) is 5.75 Å². The molecule has 1 aliphatic rings. The third kappa shape index (κ3) is 3.06. The summed E-state index contributed by atoms with van der Waals surface area (Å²) in [5, 5.41) is 8.65. The molecule has 0 saturated carbocycles. The van der Waals surface area contributed by atoms with Gasteiger partial charge >= 0.3 is 10.2 Å². The van der Waals surface area contributed by atoms with Crippen molar-refractivity contribution in [2.75, 3.05) is 17.1 Å². The van der Waals surface area contributed by atoms with Crippen molar-refractivity contribution in [2.45, 2.75) is 11.4 Å². The molecule has 1 aromatic rings. The van der Waals surface area contributed by atoms with Gasteiger partial charge in [-0.1, -0.05) is 6.07 Å². The maximum atomic E-state index is 11.9. The molecule has 2 unspecified atom stereocenters. The van der Waals surface area contributed by atoms with E-state index >= 15 is 0 Å². The highest BCUT2D eigenvalue weighted by Gasteiger charge is 2.36. The topological polar surface area (TPSA) is 147 Å². The Morgan fingerprint density at radius 1 is 1.50 bits per heavy atom. The van der Waals surface area contributed by atoms with Crippen LogP contribution in [0.2, 0.25) is 0 Å². The summed E-state index contributed by atoms with van der Waals surface area (Å²) < 4.78 is 49.5. The van der Waals surface area contributed by atoms with Gasteiger partial charge in [-0.25, -0.2) is 8.42 Å². The number of hydrogen-bond donors (Lipinski definition) is 3. The summed E-state index contributed by atoms with van der Waals surface area (Å²) in [7, 11) is -7.51. The van der Waals surface area contributed by atoms with E-state index < -0.39 is 37.2 Å². The highest BCUT2D eigenvalue weighted by Crippen LogP contribution is 2.33. The first-order valence-electron chi connectivity index (χ1n) is 6.09. The lowest BCUT2D eigenvalue weighted by atomic mass is 10.2. The lowest BCUT2D eigenvalue weighted by Crippen LogP contribution is -2.30. The quantitative estimate of drug-likeness (QED) is 0.567. The van der Waals surface area contributed by atoms with Crippen LogP contribution >= 0.6 is 0 Å². The number of nitrogens with zero attached hydrogens (tertiary/aromatic N) is 1. The van der Waals surface area contributed by atoms with Crippen molar-refractivity contribution in [3.05, 3.63) is 23.8 Å². The van der Waals surface area contributed by atoms with E-state index in [-0.39, 0.29) is 17.8 Å². The van der Waals surface area contributed by atoms with Crippen LogP contribution in [0.4, 0.5) is 5.69 Å². The molecule has 4 N–H and O–H groups in total. The van der Waals surface area contributed by atoms with Crippen LogP contribution in [0.15, 0.2) is 18.2 Å². The Balaban J connectivity index is 2.41. The van der Waals surface area contributed by atoms with Crippen LogP contribution in [0.1, 0.15) is 10.9 Å². The second-order valence-electron chi connectivity index (χ2n) is 4.89. The third-order valence-corrected chi connectivity index (χ3v) is 5.90. The average molecular weight is 349 g/mol. The monoisotopic (exact) mass is 349 g/mol. The van der Waals surface area contributed by atoms with E-state index in [9.17, 15) is 26.7 Å². The molecular formula is C11H15N3O6S2. The van der Waals surface area contributed by atoms with Gasteiger partial charge in [0.25, 0.3) is 0 Å². The molecule has 11 heteroatoms. The van der Waals surface area contributed by atoms with E-state index in [0.717, 1.165) is 16.6 Å². The summed E-state index contributed by atoms with van der Waals surface area (Å²) in [5.74, 6) is -0.450. The molecule has 0 spiro atoms. The number of nitrogens with two attached hydrogens (primary N) is 1. The van der Waals surface area contributed by atoms with Crippen LogP contribution in [0.3, 0.4) is 0 Å². The molecule has 2 atom stereocenters.